The molecule has 0 heterocycles. The number of rotatable bonds is 7. The minimum absolute atomic E-state index is 0.0319. The van der Waals surface area contributed by atoms with Crippen LogP contribution in [0.15, 0.2) is 24.3 Å². The van der Waals surface area contributed by atoms with Gasteiger partial charge in [0.05, 0.1) is 12.0 Å². The van der Waals surface area contributed by atoms with Crippen molar-refractivity contribution in [1.82, 2.24) is 5.32 Å². The van der Waals surface area contributed by atoms with Crippen LogP contribution < -0.4 is 10.6 Å². The van der Waals surface area contributed by atoms with Crippen LogP contribution >= 0.6 is 0 Å². The molecule has 0 unspecified atom stereocenters. The predicted octanol–water partition coefficient (Wildman–Crippen LogP) is 3.91. The molecule has 9 heteroatoms. The third-order valence-electron chi connectivity index (χ3n) is 6.99. The Bertz CT molecular complexity index is 847. The average Bonchev–Trinajstić information content (AvgIpc) is 2.71. The van der Waals surface area contributed by atoms with E-state index in [4.69, 9.17) is 4.74 Å². The van der Waals surface area contributed by atoms with E-state index >= 15 is 0 Å². The van der Waals surface area contributed by atoms with Gasteiger partial charge in [-0.2, -0.15) is 13.2 Å². The number of carbonyl (C=O) groups is 3. The standard InChI is InChI=1S/C23H27F3N2O4/c24-23(25,26)17-1-3-18(4-2-17)28-19(29)13-32-20(30)5-6-27-21(31)22-10-14-7-15(11-22)9-16(8-14)12-22/h1-4,14-16H,5-13H2,(H,27,31)(H,28,29). The molecule has 0 saturated heterocycles. The number of esters is 1. The zero-order chi connectivity index (χ0) is 22.9. The Morgan fingerprint density at radius 2 is 1.53 bits per heavy atom. The molecule has 5 rings (SSSR count). The first-order valence-electron chi connectivity index (χ1n) is 11.0. The molecule has 174 valence electrons. The van der Waals surface area contributed by atoms with Crippen molar-refractivity contribution in [2.24, 2.45) is 23.2 Å². The lowest BCUT2D eigenvalue weighted by Crippen LogP contribution is -2.53. The highest BCUT2D eigenvalue weighted by Gasteiger charge is 2.54. The van der Waals surface area contributed by atoms with Gasteiger partial charge in [-0.05, 0) is 80.5 Å². The lowest BCUT2D eigenvalue weighted by Gasteiger charge is -2.55. The highest BCUT2D eigenvalue weighted by molar-refractivity contribution is 5.92. The summed E-state index contributed by atoms with van der Waals surface area (Å²) in [6.07, 6.45) is 2.06. The maximum absolute atomic E-state index is 12.8. The lowest BCUT2D eigenvalue weighted by molar-refractivity contribution is -0.148. The fourth-order valence-corrected chi connectivity index (χ4v) is 6.01. The molecule has 6 nitrogen and oxygen atoms in total. The quantitative estimate of drug-likeness (QED) is 0.615. The van der Waals surface area contributed by atoms with Gasteiger partial charge < -0.3 is 15.4 Å². The molecule has 0 radical (unpaired) electrons. The fourth-order valence-electron chi connectivity index (χ4n) is 6.01. The monoisotopic (exact) mass is 452 g/mol. The Hall–Kier alpha value is -2.58. The summed E-state index contributed by atoms with van der Waals surface area (Å²) in [6, 6.07) is 3.97. The third kappa shape index (κ3) is 5.07. The van der Waals surface area contributed by atoms with Crippen LogP contribution in [0.2, 0.25) is 0 Å². The number of anilines is 1. The van der Waals surface area contributed by atoms with E-state index in [1.807, 2.05) is 0 Å². The van der Waals surface area contributed by atoms with Crippen molar-refractivity contribution < 1.29 is 32.3 Å². The van der Waals surface area contributed by atoms with Gasteiger partial charge in [-0.25, -0.2) is 0 Å². The van der Waals surface area contributed by atoms with Gasteiger partial charge in [0, 0.05) is 17.6 Å². The van der Waals surface area contributed by atoms with E-state index in [1.54, 1.807) is 0 Å². The Labute approximate surface area is 184 Å². The zero-order valence-electron chi connectivity index (χ0n) is 17.7. The number of ether oxygens (including phenoxy) is 1. The van der Waals surface area contributed by atoms with Crippen LogP contribution in [0, 0.1) is 23.2 Å². The summed E-state index contributed by atoms with van der Waals surface area (Å²) in [5, 5.41) is 5.25. The van der Waals surface area contributed by atoms with E-state index < -0.39 is 30.2 Å². The van der Waals surface area contributed by atoms with E-state index in [0.717, 1.165) is 43.5 Å². The van der Waals surface area contributed by atoms with Gasteiger partial charge in [-0.15, -0.1) is 0 Å². The Morgan fingerprint density at radius 1 is 0.969 bits per heavy atom. The highest BCUT2D eigenvalue weighted by atomic mass is 19.4. The minimum Gasteiger partial charge on any atom is -0.456 e. The van der Waals surface area contributed by atoms with Crippen LogP contribution in [0.3, 0.4) is 0 Å². The predicted molar refractivity (Wildman–Crippen MR) is 109 cm³/mol. The summed E-state index contributed by atoms with van der Waals surface area (Å²) < 4.78 is 42.6. The second-order valence-electron chi connectivity index (χ2n) is 9.49. The molecule has 2 amide bonds. The lowest BCUT2D eigenvalue weighted by atomic mass is 9.49. The molecule has 1 aromatic rings. The summed E-state index contributed by atoms with van der Waals surface area (Å²) in [7, 11) is 0. The maximum Gasteiger partial charge on any atom is 0.416 e. The van der Waals surface area contributed by atoms with E-state index in [0.29, 0.717) is 17.8 Å². The van der Waals surface area contributed by atoms with Crippen molar-refractivity contribution in [3.63, 3.8) is 0 Å². The molecule has 32 heavy (non-hydrogen) atoms. The largest absolute Gasteiger partial charge is 0.456 e. The number of alkyl halides is 3. The number of amides is 2. The summed E-state index contributed by atoms with van der Waals surface area (Å²) >= 11 is 0. The average molecular weight is 452 g/mol. The van der Waals surface area contributed by atoms with Gasteiger partial charge in [-0.1, -0.05) is 0 Å². The van der Waals surface area contributed by atoms with Gasteiger partial charge in [0.2, 0.25) is 5.91 Å². The van der Waals surface area contributed by atoms with Crippen LogP contribution in [0.4, 0.5) is 18.9 Å². The Balaban J connectivity index is 1.16. The van der Waals surface area contributed by atoms with Crippen molar-refractivity contribution in [3.05, 3.63) is 29.8 Å². The Kier molecular flexibility index (Phi) is 6.18. The summed E-state index contributed by atoms with van der Waals surface area (Å²) in [6.45, 7) is -0.400. The molecular weight excluding hydrogens is 425 g/mol. The smallest absolute Gasteiger partial charge is 0.416 e. The molecule has 4 aliphatic carbocycles. The van der Waals surface area contributed by atoms with Crippen molar-refractivity contribution in [2.75, 3.05) is 18.5 Å². The van der Waals surface area contributed by atoms with E-state index in [2.05, 4.69) is 10.6 Å². The molecule has 4 bridgehead atoms. The normalized spacial score (nSPS) is 28.3. The highest BCUT2D eigenvalue weighted by Crippen LogP contribution is 2.60. The van der Waals surface area contributed by atoms with Crippen molar-refractivity contribution >= 4 is 23.5 Å². The maximum atomic E-state index is 12.8. The number of halogens is 3. The number of benzene rings is 1. The summed E-state index contributed by atoms with van der Waals surface area (Å²) in [5.41, 5.74) is -0.931. The number of nitrogens with one attached hydrogen (secondary N) is 2. The topological polar surface area (TPSA) is 84.5 Å². The van der Waals surface area contributed by atoms with E-state index in [-0.39, 0.29) is 30.0 Å². The fraction of sp³-hybridized carbons (Fsp3) is 0.609. The molecule has 0 spiro atoms. The summed E-state index contributed by atoms with van der Waals surface area (Å²) in [5.74, 6) is 0.707. The van der Waals surface area contributed by atoms with E-state index in [1.165, 1.54) is 19.3 Å². The van der Waals surface area contributed by atoms with Crippen molar-refractivity contribution in [2.45, 2.75) is 51.1 Å². The first-order valence-corrected chi connectivity index (χ1v) is 11.0. The SMILES string of the molecule is O=C(COC(=O)CCNC(=O)C12CC3CC(CC(C3)C1)C2)Nc1ccc(C(F)(F)F)cc1. The number of carbonyl (C=O) groups excluding carboxylic acids is 3. The number of hydrogen-bond donors (Lipinski definition) is 2. The number of hydrogen-bond acceptors (Lipinski definition) is 4. The molecule has 0 atom stereocenters. The first kappa shape index (κ1) is 22.6. The molecule has 4 aliphatic rings. The zero-order valence-corrected chi connectivity index (χ0v) is 17.7. The van der Waals surface area contributed by atoms with Gasteiger partial charge in [-0.3, -0.25) is 14.4 Å². The molecule has 0 aromatic heterocycles. The Morgan fingerprint density at radius 3 is 2.06 bits per heavy atom. The molecular formula is C23H27F3N2O4. The molecule has 1 aromatic carbocycles. The van der Waals surface area contributed by atoms with Crippen LogP contribution in [-0.2, 0) is 25.3 Å². The van der Waals surface area contributed by atoms with Crippen LogP contribution in [0.5, 0.6) is 0 Å². The first-order chi connectivity index (χ1) is 15.1. The van der Waals surface area contributed by atoms with Gasteiger partial charge in [0.15, 0.2) is 6.61 Å². The second-order valence-corrected chi connectivity index (χ2v) is 9.49. The van der Waals surface area contributed by atoms with Crippen LogP contribution in [-0.4, -0.2) is 30.9 Å². The molecule has 4 saturated carbocycles. The van der Waals surface area contributed by atoms with Gasteiger partial charge in [0.1, 0.15) is 0 Å². The third-order valence-corrected chi connectivity index (χ3v) is 6.99. The molecule has 0 aliphatic heterocycles. The minimum atomic E-state index is -4.46. The van der Waals surface area contributed by atoms with E-state index in [9.17, 15) is 27.6 Å². The van der Waals surface area contributed by atoms with Gasteiger partial charge in [0.25, 0.3) is 5.91 Å². The molecule has 2 N–H and O–H groups in total. The van der Waals surface area contributed by atoms with Crippen LogP contribution in [0.25, 0.3) is 0 Å². The second kappa shape index (κ2) is 8.75. The molecule has 4 fully saturated rings. The summed E-state index contributed by atoms with van der Waals surface area (Å²) in [4.78, 5) is 36.6. The van der Waals surface area contributed by atoms with Crippen LogP contribution in [0.1, 0.15) is 50.5 Å². The van der Waals surface area contributed by atoms with Crippen molar-refractivity contribution in [1.29, 1.82) is 0 Å². The van der Waals surface area contributed by atoms with Crippen molar-refractivity contribution in [3.8, 4) is 0 Å². The van der Waals surface area contributed by atoms with Gasteiger partial charge >= 0.3 is 12.1 Å².